The lowest BCUT2D eigenvalue weighted by atomic mass is 10.0. The third-order valence-corrected chi connectivity index (χ3v) is 3.45. The van der Waals surface area contributed by atoms with Gasteiger partial charge in [0.15, 0.2) is 0 Å². The number of nitrogens with one attached hydrogen (secondary N) is 2. The van der Waals surface area contributed by atoms with Crippen molar-refractivity contribution < 1.29 is 9.53 Å². The van der Waals surface area contributed by atoms with Crippen LogP contribution in [-0.4, -0.2) is 62.8 Å². The van der Waals surface area contributed by atoms with Gasteiger partial charge in [-0.25, -0.2) is 0 Å². The Morgan fingerprint density at radius 1 is 1.45 bits per heavy atom. The predicted molar refractivity (Wildman–Crippen MR) is 81.9 cm³/mol. The molecule has 1 atom stereocenters. The fourth-order valence-electron chi connectivity index (χ4n) is 2.44. The molecule has 1 aliphatic heterocycles. The van der Waals surface area contributed by atoms with Crippen LogP contribution in [0.1, 0.15) is 39.5 Å². The first kappa shape index (κ1) is 17.4. The fraction of sp³-hybridized carbons (Fsp3) is 0.933. The highest BCUT2D eigenvalue weighted by atomic mass is 16.5. The van der Waals surface area contributed by atoms with Crippen molar-refractivity contribution >= 4 is 5.91 Å². The quantitative estimate of drug-likeness (QED) is 0.620. The summed E-state index contributed by atoms with van der Waals surface area (Å²) in [7, 11) is 2.01. The number of carbonyl (C=O) groups excluding carboxylic acids is 1. The third-order valence-electron chi connectivity index (χ3n) is 3.45. The van der Waals surface area contributed by atoms with Crippen molar-refractivity contribution in [2.45, 2.75) is 51.7 Å². The molecular weight excluding hydrogens is 254 g/mol. The van der Waals surface area contributed by atoms with Crippen LogP contribution in [0.25, 0.3) is 0 Å². The zero-order valence-electron chi connectivity index (χ0n) is 13.3. The number of ether oxygens (including phenoxy) is 1. The van der Waals surface area contributed by atoms with Gasteiger partial charge in [-0.1, -0.05) is 6.42 Å². The normalized spacial score (nSPS) is 19.6. The fourth-order valence-corrected chi connectivity index (χ4v) is 2.44. The van der Waals surface area contributed by atoms with Crippen LogP contribution in [0, 0.1) is 0 Å². The summed E-state index contributed by atoms with van der Waals surface area (Å²) < 4.78 is 5.44. The minimum atomic E-state index is 0.104. The average Bonchev–Trinajstić information content (AvgIpc) is 2.38. The van der Waals surface area contributed by atoms with Gasteiger partial charge in [-0.05, 0) is 46.7 Å². The Bertz CT molecular complexity index is 266. The van der Waals surface area contributed by atoms with Crippen LogP contribution >= 0.6 is 0 Å². The zero-order chi connectivity index (χ0) is 14.8. The lowest BCUT2D eigenvalue weighted by Crippen LogP contribution is -2.45. The van der Waals surface area contributed by atoms with Crippen LogP contribution in [0.5, 0.6) is 0 Å². The van der Waals surface area contributed by atoms with Crippen molar-refractivity contribution in [2.24, 2.45) is 0 Å². The average molecular weight is 285 g/mol. The molecule has 0 saturated carbocycles. The number of piperidine rings is 1. The summed E-state index contributed by atoms with van der Waals surface area (Å²) in [6.45, 7) is 7.98. The van der Waals surface area contributed by atoms with Gasteiger partial charge in [-0.2, -0.15) is 0 Å². The summed E-state index contributed by atoms with van der Waals surface area (Å²) in [5, 5.41) is 6.45. The molecule has 0 aromatic heterocycles. The molecule has 0 aromatic carbocycles. The van der Waals surface area contributed by atoms with Crippen molar-refractivity contribution in [1.82, 2.24) is 15.5 Å². The van der Waals surface area contributed by atoms with E-state index in [9.17, 15) is 4.79 Å². The Balaban J connectivity index is 2.02. The number of nitrogens with zero attached hydrogens (tertiary/aromatic N) is 1. The molecule has 1 rings (SSSR count). The van der Waals surface area contributed by atoms with Gasteiger partial charge in [0.25, 0.3) is 0 Å². The molecule has 0 bridgehead atoms. The highest BCUT2D eigenvalue weighted by Gasteiger charge is 2.15. The molecule has 1 fully saturated rings. The van der Waals surface area contributed by atoms with E-state index in [0.717, 1.165) is 19.5 Å². The van der Waals surface area contributed by atoms with E-state index in [1.807, 2.05) is 20.9 Å². The van der Waals surface area contributed by atoms with Gasteiger partial charge in [0.2, 0.25) is 5.91 Å². The van der Waals surface area contributed by atoms with Crippen molar-refractivity contribution in [3.8, 4) is 0 Å². The van der Waals surface area contributed by atoms with Crippen molar-refractivity contribution in [3.05, 3.63) is 0 Å². The topological polar surface area (TPSA) is 53.6 Å². The summed E-state index contributed by atoms with van der Waals surface area (Å²) in [5.41, 5.74) is 0. The van der Waals surface area contributed by atoms with Crippen molar-refractivity contribution in [1.29, 1.82) is 0 Å². The van der Waals surface area contributed by atoms with Gasteiger partial charge >= 0.3 is 0 Å². The molecule has 0 aliphatic carbocycles. The molecule has 2 N–H and O–H groups in total. The van der Waals surface area contributed by atoms with Crippen LogP contribution < -0.4 is 10.6 Å². The maximum Gasteiger partial charge on any atom is 0.234 e. The predicted octanol–water partition coefficient (Wildman–Crippen LogP) is 0.992. The minimum Gasteiger partial charge on any atom is -0.379 e. The second kappa shape index (κ2) is 10.1. The lowest BCUT2D eigenvalue weighted by molar-refractivity contribution is -0.122. The Hall–Kier alpha value is -0.650. The first-order valence-electron chi connectivity index (χ1n) is 7.88. The molecule has 5 nitrogen and oxygen atoms in total. The molecular formula is C15H31N3O2. The first-order chi connectivity index (χ1) is 9.58. The van der Waals surface area contributed by atoms with E-state index in [2.05, 4.69) is 15.5 Å². The third kappa shape index (κ3) is 8.51. The first-order valence-corrected chi connectivity index (χ1v) is 7.88. The van der Waals surface area contributed by atoms with Gasteiger partial charge in [0.1, 0.15) is 0 Å². The van der Waals surface area contributed by atoms with Crippen LogP contribution in [0.3, 0.4) is 0 Å². The van der Waals surface area contributed by atoms with Gasteiger partial charge < -0.3 is 15.4 Å². The monoisotopic (exact) mass is 285 g/mol. The Morgan fingerprint density at radius 3 is 2.90 bits per heavy atom. The van der Waals surface area contributed by atoms with E-state index in [1.54, 1.807) is 0 Å². The molecule has 0 radical (unpaired) electrons. The number of hydrogen-bond donors (Lipinski definition) is 2. The van der Waals surface area contributed by atoms with Crippen LogP contribution in [0.4, 0.5) is 0 Å². The number of carbonyl (C=O) groups is 1. The van der Waals surface area contributed by atoms with E-state index >= 15 is 0 Å². The maximum absolute atomic E-state index is 11.8. The van der Waals surface area contributed by atoms with E-state index in [1.165, 1.54) is 19.3 Å². The highest BCUT2D eigenvalue weighted by molar-refractivity contribution is 5.77. The van der Waals surface area contributed by atoms with Crippen molar-refractivity contribution in [2.75, 3.05) is 39.8 Å². The highest BCUT2D eigenvalue weighted by Crippen LogP contribution is 2.07. The van der Waals surface area contributed by atoms with E-state index < -0.39 is 0 Å². The molecule has 118 valence electrons. The van der Waals surface area contributed by atoms with E-state index in [0.29, 0.717) is 25.7 Å². The van der Waals surface area contributed by atoms with Crippen LogP contribution in [0.15, 0.2) is 0 Å². The molecule has 1 unspecified atom stereocenters. The molecule has 0 spiro atoms. The number of rotatable bonds is 9. The standard InChI is InChI=1S/C15H31N3O2/c1-13(2)20-10-6-9-17-15(19)12-18(3)11-14-7-4-5-8-16-14/h13-14,16H,4-12H2,1-3H3,(H,17,19). The molecule has 20 heavy (non-hydrogen) atoms. The van der Waals surface area contributed by atoms with E-state index in [4.69, 9.17) is 4.74 Å². The zero-order valence-corrected chi connectivity index (χ0v) is 13.3. The molecule has 1 heterocycles. The Kier molecular flexibility index (Phi) is 8.82. The maximum atomic E-state index is 11.8. The summed E-state index contributed by atoms with van der Waals surface area (Å²) in [6.07, 6.45) is 4.93. The second-order valence-electron chi connectivity index (χ2n) is 5.97. The summed E-state index contributed by atoms with van der Waals surface area (Å²) in [6, 6.07) is 0.543. The molecule has 1 aliphatic rings. The number of likely N-dealkylation sites (N-methyl/N-ethyl adjacent to an activating group) is 1. The lowest BCUT2D eigenvalue weighted by Gasteiger charge is -2.27. The minimum absolute atomic E-state index is 0.104. The molecule has 1 saturated heterocycles. The summed E-state index contributed by atoms with van der Waals surface area (Å²) in [4.78, 5) is 13.9. The molecule has 1 amide bonds. The summed E-state index contributed by atoms with van der Waals surface area (Å²) in [5.74, 6) is 0.104. The van der Waals surface area contributed by atoms with Crippen molar-refractivity contribution in [3.63, 3.8) is 0 Å². The van der Waals surface area contributed by atoms with Gasteiger partial charge in [0, 0.05) is 25.7 Å². The Morgan fingerprint density at radius 2 is 2.25 bits per heavy atom. The van der Waals surface area contributed by atoms with E-state index in [-0.39, 0.29) is 12.0 Å². The molecule has 5 heteroatoms. The van der Waals surface area contributed by atoms with Gasteiger partial charge in [-0.15, -0.1) is 0 Å². The van der Waals surface area contributed by atoms with Gasteiger partial charge in [-0.3, -0.25) is 9.69 Å². The van der Waals surface area contributed by atoms with Crippen LogP contribution in [0.2, 0.25) is 0 Å². The number of hydrogen-bond acceptors (Lipinski definition) is 4. The van der Waals surface area contributed by atoms with Crippen LogP contribution in [-0.2, 0) is 9.53 Å². The molecule has 0 aromatic rings. The Labute approximate surface area is 123 Å². The largest absolute Gasteiger partial charge is 0.379 e. The number of amides is 1. The summed E-state index contributed by atoms with van der Waals surface area (Å²) >= 11 is 0. The SMILES string of the molecule is CC(C)OCCCNC(=O)CN(C)CC1CCCCN1. The smallest absolute Gasteiger partial charge is 0.234 e. The van der Waals surface area contributed by atoms with Gasteiger partial charge in [0.05, 0.1) is 12.6 Å². The second-order valence-corrected chi connectivity index (χ2v) is 5.97.